The Labute approximate surface area is 288 Å². The summed E-state index contributed by atoms with van der Waals surface area (Å²) < 4.78 is 15.5. The lowest BCUT2D eigenvalue weighted by molar-refractivity contribution is -0.143. The van der Waals surface area contributed by atoms with Gasteiger partial charge in [0.15, 0.2) is 4.80 Å². The standard InChI is InChI=1S/C38H38N4O4S2/c1-6-7-21-45-30-17-13-26(14-18-30)34-28(23-41(40-34)29-11-9-8-10-12-29)22-32-36(43)42-35(27-15-19-31(47-5)20-16-27)33(37(44)46-24(2)3)25(4)39-38(42)48-32/h8-20,22-24,35H,6-7,21H2,1-5H3. The van der Waals surface area contributed by atoms with Crippen molar-refractivity contribution >= 4 is 35.1 Å². The molecule has 0 fully saturated rings. The highest BCUT2D eigenvalue weighted by Crippen LogP contribution is 2.32. The molecule has 0 saturated heterocycles. The maximum Gasteiger partial charge on any atom is 0.338 e. The zero-order valence-electron chi connectivity index (χ0n) is 27.7. The molecule has 0 amide bonds. The summed E-state index contributed by atoms with van der Waals surface area (Å²) in [6.07, 6.45) is 7.56. The number of thioether (sulfide) groups is 1. The maximum absolute atomic E-state index is 14.4. The number of hydrogen-bond donors (Lipinski definition) is 0. The molecular formula is C38H38N4O4S2. The summed E-state index contributed by atoms with van der Waals surface area (Å²) in [5, 5.41) is 4.96. The van der Waals surface area contributed by atoms with E-state index in [0.717, 1.165) is 51.6 Å². The van der Waals surface area contributed by atoms with Crippen LogP contribution in [0.25, 0.3) is 23.0 Å². The highest BCUT2D eigenvalue weighted by molar-refractivity contribution is 7.98. The molecule has 0 bridgehead atoms. The van der Waals surface area contributed by atoms with Crippen LogP contribution in [0.15, 0.2) is 111 Å². The molecule has 0 N–H and O–H groups in total. The number of aromatic nitrogens is 3. The van der Waals surface area contributed by atoms with E-state index in [1.165, 1.54) is 11.3 Å². The Bertz CT molecular complexity index is 2130. The topological polar surface area (TPSA) is 87.7 Å². The lowest BCUT2D eigenvalue weighted by atomic mass is 9.96. The van der Waals surface area contributed by atoms with Crippen LogP contribution in [0.1, 0.15) is 57.7 Å². The monoisotopic (exact) mass is 678 g/mol. The Morgan fingerprint density at radius 2 is 1.77 bits per heavy atom. The SMILES string of the molecule is CCCCOc1ccc(-c2nn(-c3ccccc3)cc2C=c2sc3n(c2=O)C(c2ccc(SC)cc2)C(C(=O)OC(C)C)=C(C)N=3)cc1. The number of hydrogen-bond acceptors (Lipinski definition) is 8. The van der Waals surface area contributed by atoms with Crippen molar-refractivity contribution in [1.29, 1.82) is 0 Å². The summed E-state index contributed by atoms with van der Waals surface area (Å²) in [7, 11) is 0. The molecule has 246 valence electrons. The average molecular weight is 679 g/mol. The molecule has 0 radical (unpaired) electrons. The minimum Gasteiger partial charge on any atom is -0.494 e. The number of fused-ring (bicyclic) bond motifs is 1. The predicted molar refractivity (Wildman–Crippen MR) is 193 cm³/mol. The van der Waals surface area contributed by atoms with Crippen LogP contribution >= 0.6 is 23.1 Å². The first-order valence-corrected chi connectivity index (χ1v) is 18.1. The second kappa shape index (κ2) is 14.6. The van der Waals surface area contributed by atoms with Gasteiger partial charge in [-0.1, -0.05) is 55.0 Å². The number of benzene rings is 3. The first-order chi connectivity index (χ1) is 23.3. The average Bonchev–Trinajstić information content (AvgIpc) is 3.65. The van der Waals surface area contributed by atoms with Gasteiger partial charge >= 0.3 is 5.97 Å². The minimum atomic E-state index is -0.683. The molecule has 0 spiro atoms. The van der Waals surface area contributed by atoms with E-state index in [9.17, 15) is 9.59 Å². The third kappa shape index (κ3) is 6.95. The molecule has 3 aromatic carbocycles. The molecule has 48 heavy (non-hydrogen) atoms. The molecule has 6 rings (SSSR count). The van der Waals surface area contributed by atoms with Crippen molar-refractivity contribution in [1.82, 2.24) is 14.3 Å². The van der Waals surface area contributed by atoms with E-state index >= 15 is 0 Å². The molecule has 10 heteroatoms. The van der Waals surface area contributed by atoms with Crippen molar-refractivity contribution in [2.75, 3.05) is 12.9 Å². The highest BCUT2D eigenvalue weighted by Gasteiger charge is 2.34. The van der Waals surface area contributed by atoms with Crippen LogP contribution in [-0.2, 0) is 9.53 Å². The normalized spacial score (nSPS) is 14.6. The van der Waals surface area contributed by atoms with Gasteiger partial charge in [0, 0.05) is 22.2 Å². The Hall–Kier alpha value is -4.67. The van der Waals surface area contributed by atoms with Crippen LogP contribution in [-0.4, -0.2) is 39.3 Å². The number of unbranched alkanes of at least 4 members (excludes halogenated alkanes) is 1. The molecule has 1 unspecified atom stereocenters. The number of rotatable bonds is 11. The Morgan fingerprint density at radius 3 is 2.44 bits per heavy atom. The summed E-state index contributed by atoms with van der Waals surface area (Å²) in [5.74, 6) is 0.324. The zero-order valence-corrected chi connectivity index (χ0v) is 29.3. The van der Waals surface area contributed by atoms with E-state index in [0.29, 0.717) is 27.2 Å². The van der Waals surface area contributed by atoms with Gasteiger partial charge in [0.1, 0.15) is 11.4 Å². The van der Waals surface area contributed by atoms with E-state index < -0.39 is 12.0 Å². The molecule has 1 aliphatic heterocycles. The first kappa shape index (κ1) is 33.2. The van der Waals surface area contributed by atoms with Crippen LogP contribution in [0.4, 0.5) is 0 Å². The van der Waals surface area contributed by atoms with Gasteiger partial charge in [0.2, 0.25) is 0 Å². The summed E-state index contributed by atoms with van der Waals surface area (Å²) in [4.78, 5) is 34.2. The van der Waals surface area contributed by atoms with Crippen LogP contribution < -0.4 is 19.6 Å². The number of para-hydroxylation sites is 1. The fourth-order valence-electron chi connectivity index (χ4n) is 5.58. The number of nitrogens with zero attached hydrogens (tertiary/aromatic N) is 4. The van der Waals surface area contributed by atoms with Crippen LogP contribution in [0.2, 0.25) is 0 Å². The lowest BCUT2D eigenvalue weighted by Gasteiger charge is -2.25. The van der Waals surface area contributed by atoms with Crippen LogP contribution in [0, 0.1) is 0 Å². The number of ether oxygens (including phenoxy) is 2. The smallest absolute Gasteiger partial charge is 0.338 e. The van der Waals surface area contributed by atoms with Crippen molar-refractivity contribution in [3.63, 3.8) is 0 Å². The van der Waals surface area contributed by atoms with Crippen molar-refractivity contribution in [3.8, 4) is 22.7 Å². The predicted octanol–water partition coefficient (Wildman–Crippen LogP) is 6.94. The van der Waals surface area contributed by atoms with Crippen molar-refractivity contribution in [2.24, 2.45) is 4.99 Å². The minimum absolute atomic E-state index is 0.238. The number of carbonyl (C=O) groups excluding carboxylic acids is 1. The number of thiazole rings is 1. The van der Waals surface area contributed by atoms with E-state index in [1.807, 2.05) is 116 Å². The van der Waals surface area contributed by atoms with E-state index in [-0.39, 0.29) is 11.7 Å². The van der Waals surface area contributed by atoms with E-state index in [4.69, 9.17) is 19.6 Å². The van der Waals surface area contributed by atoms with Gasteiger partial charge < -0.3 is 9.47 Å². The molecule has 3 heterocycles. The van der Waals surface area contributed by atoms with E-state index in [1.54, 1.807) is 23.3 Å². The van der Waals surface area contributed by atoms with Gasteiger partial charge in [-0.15, -0.1) is 11.8 Å². The number of carbonyl (C=O) groups is 1. The largest absolute Gasteiger partial charge is 0.494 e. The van der Waals surface area contributed by atoms with Gasteiger partial charge in [-0.05, 0) is 93.6 Å². The van der Waals surface area contributed by atoms with Gasteiger partial charge in [-0.3, -0.25) is 9.36 Å². The molecule has 1 aliphatic rings. The van der Waals surface area contributed by atoms with Crippen molar-refractivity contribution in [2.45, 2.75) is 57.6 Å². The molecule has 0 saturated carbocycles. The third-order valence-corrected chi connectivity index (χ3v) is 9.69. The fourth-order valence-corrected chi connectivity index (χ4v) is 7.02. The Morgan fingerprint density at radius 1 is 1.04 bits per heavy atom. The lowest BCUT2D eigenvalue weighted by Crippen LogP contribution is -2.40. The summed E-state index contributed by atoms with van der Waals surface area (Å²) in [5.41, 5.74) is 4.77. The summed E-state index contributed by atoms with van der Waals surface area (Å²) in [6.45, 7) is 8.23. The van der Waals surface area contributed by atoms with Gasteiger partial charge in [-0.25, -0.2) is 14.5 Å². The van der Waals surface area contributed by atoms with Gasteiger partial charge in [0.05, 0.1) is 40.2 Å². The molecule has 0 aliphatic carbocycles. The maximum atomic E-state index is 14.4. The highest BCUT2D eigenvalue weighted by atomic mass is 32.2. The van der Waals surface area contributed by atoms with Gasteiger partial charge in [-0.2, -0.15) is 5.10 Å². The Balaban J connectivity index is 1.49. The van der Waals surface area contributed by atoms with Crippen molar-refractivity contribution < 1.29 is 14.3 Å². The van der Waals surface area contributed by atoms with Crippen LogP contribution in [0.5, 0.6) is 5.75 Å². The summed E-state index contributed by atoms with van der Waals surface area (Å²) >= 11 is 2.93. The number of esters is 1. The van der Waals surface area contributed by atoms with Crippen molar-refractivity contribution in [3.05, 3.63) is 127 Å². The Kier molecular flexibility index (Phi) is 10.1. The molecule has 5 aromatic rings. The second-order valence-electron chi connectivity index (χ2n) is 11.7. The second-order valence-corrected chi connectivity index (χ2v) is 13.6. The van der Waals surface area contributed by atoms with Crippen LogP contribution in [0.3, 0.4) is 0 Å². The molecule has 2 aromatic heterocycles. The van der Waals surface area contributed by atoms with Gasteiger partial charge in [0.25, 0.3) is 5.56 Å². The molecule has 1 atom stereocenters. The third-order valence-electron chi connectivity index (χ3n) is 7.96. The first-order valence-electron chi connectivity index (χ1n) is 16.0. The quantitative estimate of drug-likeness (QED) is 0.0855. The molecular weight excluding hydrogens is 641 g/mol. The fraction of sp³-hybridized carbons (Fsp3) is 0.263. The zero-order chi connectivity index (χ0) is 33.8. The van der Waals surface area contributed by atoms with E-state index in [2.05, 4.69) is 6.92 Å². The summed E-state index contributed by atoms with van der Waals surface area (Å²) in [6, 6.07) is 25.0. The number of allylic oxidation sites excluding steroid dienone is 1. The molecule has 8 nitrogen and oxygen atoms in total.